The molecule has 0 unspecified atom stereocenters. The quantitative estimate of drug-likeness (QED) is 0.282. The summed E-state index contributed by atoms with van der Waals surface area (Å²) in [5.74, 6) is 0. The Hall–Kier alpha value is -1.34. The second-order valence-electron chi connectivity index (χ2n) is 3.99. The van der Waals surface area contributed by atoms with Crippen molar-refractivity contribution in [1.82, 2.24) is 0 Å². The van der Waals surface area contributed by atoms with E-state index in [0.29, 0.717) is 0 Å². The van der Waals surface area contributed by atoms with E-state index in [9.17, 15) is 17.3 Å². The number of fused-ring (bicyclic) bond motifs is 2. The van der Waals surface area contributed by atoms with Gasteiger partial charge in [0, 0.05) is 0 Å². The van der Waals surface area contributed by atoms with Crippen molar-refractivity contribution in [3.63, 3.8) is 0 Å². The van der Waals surface area contributed by atoms with E-state index in [2.05, 4.69) is 60.5 Å². The van der Waals surface area contributed by atoms with Crippen LogP contribution in [0, 0.1) is 0 Å². The molecule has 1 aliphatic heterocycles. The van der Waals surface area contributed by atoms with Crippen LogP contribution in [0.25, 0.3) is 0 Å². The number of rotatable bonds is 1. The van der Waals surface area contributed by atoms with Gasteiger partial charge in [-0.25, -0.2) is 0 Å². The highest BCUT2D eigenvalue weighted by Crippen LogP contribution is 2.45. The van der Waals surface area contributed by atoms with Gasteiger partial charge in [-0.1, -0.05) is 42.6 Å². The Labute approximate surface area is 127 Å². The van der Waals surface area contributed by atoms with Crippen LogP contribution in [-0.2, 0) is 10.9 Å². The molecule has 3 rings (SSSR count). The standard InChI is InChI=1S/C14H11S2.BF4/c1-2-16-13-9-5-3-7-11(13)15-12-8-4-6-10-14(12)16;2-1(3,4)5/h2-10H,1H2;/q+1;-1/i1+1,2+1;. The Balaban J connectivity index is 0.000000282. The van der Waals surface area contributed by atoms with Crippen molar-refractivity contribution in [3.8, 4) is 0 Å². The Morgan fingerprint density at radius 1 is 0.857 bits per heavy atom. The van der Waals surface area contributed by atoms with E-state index in [1.807, 2.05) is 11.8 Å². The molecule has 1 aliphatic rings. The van der Waals surface area contributed by atoms with E-state index in [4.69, 9.17) is 0 Å². The lowest BCUT2D eigenvalue weighted by atomic mass is 10.3. The zero-order valence-electron chi connectivity index (χ0n) is 10.8. The second kappa shape index (κ2) is 6.62. The summed E-state index contributed by atoms with van der Waals surface area (Å²) in [6, 6.07) is 17.2. The Morgan fingerprint density at radius 3 is 1.62 bits per heavy atom. The average Bonchev–Trinajstić information content (AvgIpc) is 2.43. The first-order valence-corrected chi connectivity index (χ1v) is 8.09. The maximum absolute atomic E-state index is 9.75. The molecule has 0 aromatic heterocycles. The summed E-state index contributed by atoms with van der Waals surface area (Å²) in [4.78, 5) is 5.54. The monoisotopic (exact) mass is 332 g/mol. The Bertz CT molecular complexity index is 591. The molecule has 0 nitrogen and oxygen atoms in total. The van der Waals surface area contributed by atoms with Crippen molar-refractivity contribution in [2.75, 3.05) is 0 Å². The zero-order chi connectivity index (χ0) is 15.5. The smallest absolute Gasteiger partial charge is 0.418 e. The van der Waals surface area contributed by atoms with Crippen molar-refractivity contribution in [3.05, 3.63) is 60.5 Å². The van der Waals surface area contributed by atoms with Crippen molar-refractivity contribution < 1.29 is 17.3 Å². The predicted octanol–water partition coefficient (Wildman–Crippen LogP) is 5.63. The molecule has 2 aromatic carbocycles. The number of halogens is 4. The first-order valence-electron chi connectivity index (χ1n) is 5.99. The van der Waals surface area contributed by atoms with Crippen LogP contribution in [0.1, 0.15) is 0 Å². The summed E-state index contributed by atoms with van der Waals surface area (Å²) in [5.41, 5.74) is 0. The molecule has 0 saturated carbocycles. The maximum atomic E-state index is 9.75. The lowest BCUT2D eigenvalue weighted by Gasteiger charge is -2.15. The van der Waals surface area contributed by atoms with Gasteiger partial charge < -0.3 is 17.3 Å². The van der Waals surface area contributed by atoms with Crippen LogP contribution in [-0.4, -0.2) is 7.25 Å². The molecule has 0 bridgehead atoms. The van der Waals surface area contributed by atoms with E-state index in [0.717, 1.165) is 0 Å². The number of hydrogen-bond acceptors (Lipinski definition) is 1. The van der Waals surface area contributed by atoms with Gasteiger partial charge in [0.2, 0.25) is 0 Å². The minimum absolute atomic E-state index is 0.0416. The minimum atomic E-state index is -6.00. The van der Waals surface area contributed by atoms with Crippen molar-refractivity contribution in [2.24, 2.45) is 0 Å². The zero-order valence-corrected chi connectivity index (χ0v) is 12.4. The molecule has 110 valence electrons. The van der Waals surface area contributed by atoms with E-state index in [-0.39, 0.29) is 10.9 Å². The Morgan fingerprint density at radius 2 is 1.24 bits per heavy atom. The van der Waals surface area contributed by atoms with Gasteiger partial charge in [0.15, 0.2) is 9.79 Å². The summed E-state index contributed by atoms with van der Waals surface area (Å²) < 4.78 is 39.0. The summed E-state index contributed by atoms with van der Waals surface area (Å²) in [6.45, 7) is 3.99. The maximum Gasteiger partial charge on any atom is 0.673 e. The van der Waals surface area contributed by atoms with Crippen LogP contribution in [0.15, 0.2) is 80.1 Å². The molecule has 0 amide bonds. The van der Waals surface area contributed by atoms with Crippen LogP contribution in [0.2, 0.25) is 0 Å². The molecular formula is C14H11BF4S2. The SMILES string of the molecule is F[B-](F)(F)F.[13CH2]=[13CH][S+]1c2ccccc2Sc2ccccc21. The van der Waals surface area contributed by atoms with E-state index < -0.39 is 7.25 Å². The lowest BCUT2D eigenvalue weighted by Crippen LogP contribution is -2.06. The van der Waals surface area contributed by atoms with Crippen LogP contribution >= 0.6 is 11.8 Å². The molecule has 0 saturated heterocycles. The molecule has 0 radical (unpaired) electrons. The number of hydrogen-bond donors (Lipinski definition) is 0. The highest BCUT2D eigenvalue weighted by atomic mass is 32.2. The van der Waals surface area contributed by atoms with Crippen molar-refractivity contribution in [2.45, 2.75) is 19.6 Å². The lowest BCUT2D eigenvalue weighted by molar-refractivity contribution is 0.368. The van der Waals surface area contributed by atoms with E-state index in [1.54, 1.807) is 0 Å². The van der Waals surface area contributed by atoms with E-state index in [1.165, 1.54) is 19.6 Å². The van der Waals surface area contributed by atoms with Crippen LogP contribution in [0.5, 0.6) is 0 Å². The highest BCUT2D eigenvalue weighted by Gasteiger charge is 2.33. The van der Waals surface area contributed by atoms with E-state index >= 15 is 0 Å². The molecule has 0 N–H and O–H groups in total. The summed E-state index contributed by atoms with van der Waals surface area (Å²) in [6.07, 6.45) is 0. The van der Waals surface area contributed by atoms with Crippen LogP contribution < -0.4 is 0 Å². The first-order chi connectivity index (χ1) is 9.90. The topological polar surface area (TPSA) is 0 Å². The first kappa shape index (κ1) is 16.0. The van der Waals surface area contributed by atoms with Gasteiger partial charge in [0.05, 0.1) is 20.7 Å². The number of benzene rings is 2. The molecule has 1 heterocycles. The molecule has 0 aliphatic carbocycles. The van der Waals surface area contributed by atoms with Gasteiger partial charge in [-0.3, -0.25) is 0 Å². The molecule has 0 fully saturated rings. The highest BCUT2D eigenvalue weighted by molar-refractivity contribution is 8.05. The minimum Gasteiger partial charge on any atom is -0.418 e. The molecule has 2 aromatic rings. The van der Waals surface area contributed by atoms with Crippen LogP contribution in [0.4, 0.5) is 17.3 Å². The molecule has 0 atom stereocenters. The third-order valence-electron chi connectivity index (χ3n) is 2.56. The Kier molecular flexibility index (Phi) is 5.06. The largest absolute Gasteiger partial charge is 0.673 e. The van der Waals surface area contributed by atoms with Gasteiger partial charge in [-0.05, 0) is 24.3 Å². The van der Waals surface area contributed by atoms with Crippen LogP contribution in [0.3, 0.4) is 0 Å². The molecule has 0 spiro atoms. The van der Waals surface area contributed by atoms with Gasteiger partial charge in [0.1, 0.15) is 5.41 Å². The third kappa shape index (κ3) is 4.31. The summed E-state index contributed by atoms with van der Waals surface area (Å²) >= 11 is 1.86. The van der Waals surface area contributed by atoms with Crippen molar-refractivity contribution in [1.29, 1.82) is 0 Å². The van der Waals surface area contributed by atoms with Gasteiger partial charge in [-0.2, -0.15) is 0 Å². The van der Waals surface area contributed by atoms with Gasteiger partial charge in [0.25, 0.3) is 0 Å². The molecular weight excluding hydrogens is 321 g/mol. The fraction of sp³-hybridized carbons (Fsp3) is 0. The average molecular weight is 332 g/mol. The second-order valence-corrected chi connectivity index (χ2v) is 6.97. The molecule has 21 heavy (non-hydrogen) atoms. The van der Waals surface area contributed by atoms with Gasteiger partial charge in [-0.15, -0.1) is 0 Å². The van der Waals surface area contributed by atoms with Crippen molar-refractivity contribution >= 4 is 29.9 Å². The normalized spacial score (nSPS) is 13.5. The predicted molar refractivity (Wildman–Crippen MR) is 81.3 cm³/mol. The van der Waals surface area contributed by atoms with Gasteiger partial charge >= 0.3 is 7.25 Å². The molecule has 7 heteroatoms. The fourth-order valence-electron chi connectivity index (χ4n) is 1.85. The summed E-state index contributed by atoms with van der Waals surface area (Å²) in [5, 5.41) is 2.07. The fourth-order valence-corrected chi connectivity index (χ4v) is 5.12. The summed E-state index contributed by atoms with van der Waals surface area (Å²) in [7, 11) is -5.96. The third-order valence-corrected chi connectivity index (χ3v) is 5.96.